The number of nitrogens with one attached hydrogen (secondary N) is 2. The van der Waals surface area contributed by atoms with Crippen molar-refractivity contribution in [3.63, 3.8) is 0 Å². The van der Waals surface area contributed by atoms with Crippen molar-refractivity contribution in [1.82, 2.24) is 15.5 Å². The van der Waals surface area contributed by atoms with Gasteiger partial charge in [0.2, 0.25) is 0 Å². The SMILES string of the molecule is Cc1n[nH]c(C)c1C(=O)NCCCOC1CCC(N)CC1. The highest BCUT2D eigenvalue weighted by Gasteiger charge is 2.18. The summed E-state index contributed by atoms with van der Waals surface area (Å²) in [6.07, 6.45) is 5.39. The second-order valence-electron chi connectivity index (χ2n) is 5.83. The number of aromatic amines is 1. The summed E-state index contributed by atoms with van der Waals surface area (Å²) in [6.45, 7) is 4.99. The Morgan fingerprint density at radius 3 is 2.71 bits per heavy atom. The molecule has 0 aromatic carbocycles. The first-order valence-electron chi connectivity index (χ1n) is 7.75. The smallest absolute Gasteiger partial charge is 0.255 e. The Kier molecular flexibility index (Phi) is 5.76. The van der Waals surface area contributed by atoms with E-state index in [1.807, 2.05) is 13.8 Å². The van der Waals surface area contributed by atoms with E-state index in [2.05, 4.69) is 15.5 Å². The van der Waals surface area contributed by atoms with Crippen LogP contribution in [0.1, 0.15) is 53.8 Å². The van der Waals surface area contributed by atoms with Crippen LogP contribution in [0.25, 0.3) is 0 Å². The van der Waals surface area contributed by atoms with Gasteiger partial charge < -0.3 is 15.8 Å². The highest BCUT2D eigenvalue weighted by molar-refractivity contribution is 5.96. The van der Waals surface area contributed by atoms with Gasteiger partial charge in [0.15, 0.2) is 0 Å². The second kappa shape index (κ2) is 7.56. The first-order valence-corrected chi connectivity index (χ1v) is 7.75. The summed E-state index contributed by atoms with van der Waals surface area (Å²) in [6, 6.07) is 0.352. The van der Waals surface area contributed by atoms with E-state index in [1.165, 1.54) is 0 Å². The van der Waals surface area contributed by atoms with Crippen LogP contribution < -0.4 is 11.1 Å². The summed E-state index contributed by atoms with van der Waals surface area (Å²) in [7, 11) is 0. The summed E-state index contributed by atoms with van der Waals surface area (Å²) in [5.74, 6) is -0.0672. The first-order chi connectivity index (χ1) is 10.1. The molecule has 1 heterocycles. The molecule has 0 radical (unpaired) electrons. The number of H-pyrrole nitrogens is 1. The van der Waals surface area contributed by atoms with Gasteiger partial charge in [0, 0.05) is 24.9 Å². The van der Waals surface area contributed by atoms with Crippen LogP contribution >= 0.6 is 0 Å². The van der Waals surface area contributed by atoms with Gasteiger partial charge in [0.05, 0.1) is 17.4 Å². The molecule has 0 spiro atoms. The maximum absolute atomic E-state index is 12.0. The van der Waals surface area contributed by atoms with Crippen LogP contribution in [-0.2, 0) is 4.74 Å². The normalized spacial score (nSPS) is 22.2. The van der Waals surface area contributed by atoms with Crippen molar-refractivity contribution < 1.29 is 9.53 Å². The molecule has 1 amide bonds. The number of nitrogens with zero attached hydrogens (tertiary/aromatic N) is 1. The number of rotatable bonds is 6. The van der Waals surface area contributed by atoms with Gasteiger partial charge in [-0.1, -0.05) is 0 Å². The number of nitrogens with two attached hydrogens (primary N) is 1. The number of hydrogen-bond acceptors (Lipinski definition) is 4. The lowest BCUT2D eigenvalue weighted by Gasteiger charge is -2.26. The molecule has 1 fully saturated rings. The van der Waals surface area contributed by atoms with E-state index in [0.717, 1.165) is 43.5 Å². The molecule has 0 unspecified atom stereocenters. The Morgan fingerprint density at radius 1 is 1.38 bits per heavy atom. The monoisotopic (exact) mass is 294 g/mol. The average molecular weight is 294 g/mol. The number of ether oxygens (including phenoxy) is 1. The summed E-state index contributed by atoms with van der Waals surface area (Å²) in [4.78, 5) is 12.0. The van der Waals surface area contributed by atoms with Gasteiger partial charge in [-0.2, -0.15) is 5.10 Å². The molecule has 2 rings (SSSR count). The summed E-state index contributed by atoms with van der Waals surface area (Å²) < 4.78 is 5.83. The lowest BCUT2D eigenvalue weighted by Crippen LogP contribution is -2.31. The molecule has 0 saturated heterocycles. The molecule has 0 aliphatic heterocycles. The first kappa shape index (κ1) is 16.0. The number of carbonyl (C=O) groups excluding carboxylic acids is 1. The van der Waals surface area contributed by atoms with E-state index in [-0.39, 0.29) is 5.91 Å². The molecule has 118 valence electrons. The molecule has 21 heavy (non-hydrogen) atoms. The van der Waals surface area contributed by atoms with Crippen molar-refractivity contribution in [3.05, 3.63) is 17.0 Å². The summed E-state index contributed by atoms with van der Waals surface area (Å²) >= 11 is 0. The predicted molar refractivity (Wildman–Crippen MR) is 81.2 cm³/mol. The van der Waals surface area contributed by atoms with Crippen LogP contribution in [0.15, 0.2) is 0 Å². The van der Waals surface area contributed by atoms with Crippen LogP contribution in [-0.4, -0.2) is 41.4 Å². The molecule has 1 aliphatic rings. The Morgan fingerprint density at radius 2 is 2.10 bits per heavy atom. The Labute approximate surface area is 125 Å². The molecule has 6 nitrogen and oxygen atoms in total. The molecule has 1 aromatic rings. The standard InChI is InChI=1S/C15H26N4O2/c1-10-14(11(2)19-18-10)15(20)17-8-3-9-21-13-6-4-12(16)5-7-13/h12-13H,3-9,16H2,1-2H3,(H,17,20)(H,18,19). The molecule has 1 aliphatic carbocycles. The van der Waals surface area contributed by atoms with E-state index in [0.29, 0.717) is 30.9 Å². The quantitative estimate of drug-likeness (QED) is 0.692. The van der Waals surface area contributed by atoms with Gasteiger partial charge >= 0.3 is 0 Å². The third-order valence-electron chi connectivity index (χ3n) is 4.03. The number of carbonyl (C=O) groups is 1. The minimum Gasteiger partial charge on any atom is -0.378 e. The predicted octanol–water partition coefficient (Wildman–Crippen LogP) is 1.43. The van der Waals surface area contributed by atoms with E-state index in [9.17, 15) is 4.79 Å². The molecule has 0 bridgehead atoms. The average Bonchev–Trinajstić information content (AvgIpc) is 2.79. The van der Waals surface area contributed by atoms with Gasteiger partial charge in [0.25, 0.3) is 5.91 Å². The van der Waals surface area contributed by atoms with Crippen molar-refractivity contribution in [3.8, 4) is 0 Å². The molecular weight excluding hydrogens is 268 g/mol. The van der Waals surface area contributed by atoms with E-state index >= 15 is 0 Å². The summed E-state index contributed by atoms with van der Waals surface area (Å²) in [5.41, 5.74) is 8.06. The van der Waals surface area contributed by atoms with Crippen LogP contribution in [0.3, 0.4) is 0 Å². The molecule has 6 heteroatoms. The minimum atomic E-state index is -0.0672. The number of amides is 1. The molecule has 0 atom stereocenters. The molecule has 1 aromatic heterocycles. The van der Waals surface area contributed by atoms with E-state index in [1.54, 1.807) is 0 Å². The highest BCUT2D eigenvalue weighted by atomic mass is 16.5. The molecule has 4 N–H and O–H groups in total. The fourth-order valence-corrected chi connectivity index (χ4v) is 2.75. The Bertz CT molecular complexity index is 445. The highest BCUT2D eigenvalue weighted by Crippen LogP contribution is 2.19. The van der Waals surface area contributed by atoms with E-state index in [4.69, 9.17) is 10.5 Å². The zero-order chi connectivity index (χ0) is 15.2. The zero-order valence-corrected chi connectivity index (χ0v) is 12.9. The molecule has 1 saturated carbocycles. The Balaban J connectivity index is 1.61. The van der Waals surface area contributed by atoms with Gasteiger partial charge in [-0.3, -0.25) is 9.89 Å². The van der Waals surface area contributed by atoms with E-state index < -0.39 is 0 Å². The van der Waals surface area contributed by atoms with Crippen LogP contribution in [0.2, 0.25) is 0 Å². The van der Waals surface area contributed by atoms with Crippen LogP contribution in [0.4, 0.5) is 0 Å². The third kappa shape index (κ3) is 4.54. The van der Waals surface area contributed by atoms with Crippen molar-refractivity contribution in [2.75, 3.05) is 13.2 Å². The lowest BCUT2D eigenvalue weighted by molar-refractivity contribution is 0.0241. The Hall–Kier alpha value is -1.40. The number of hydrogen-bond donors (Lipinski definition) is 3. The van der Waals surface area contributed by atoms with Gasteiger partial charge in [-0.25, -0.2) is 0 Å². The second-order valence-corrected chi connectivity index (χ2v) is 5.83. The van der Waals surface area contributed by atoms with Crippen molar-refractivity contribution in [2.45, 2.75) is 58.1 Å². The van der Waals surface area contributed by atoms with Crippen molar-refractivity contribution in [1.29, 1.82) is 0 Å². The molecular formula is C15H26N4O2. The fourth-order valence-electron chi connectivity index (χ4n) is 2.75. The van der Waals surface area contributed by atoms with Gasteiger partial charge in [0.1, 0.15) is 0 Å². The van der Waals surface area contributed by atoms with Gasteiger partial charge in [-0.15, -0.1) is 0 Å². The minimum absolute atomic E-state index is 0.0672. The van der Waals surface area contributed by atoms with Gasteiger partial charge in [-0.05, 0) is 46.0 Å². The fraction of sp³-hybridized carbons (Fsp3) is 0.733. The lowest BCUT2D eigenvalue weighted by atomic mass is 9.94. The maximum atomic E-state index is 12.0. The van der Waals surface area contributed by atoms with Crippen molar-refractivity contribution >= 4 is 5.91 Å². The van der Waals surface area contributed by atoms with Crippen LogP contribution in [0.5, 0.6) is 0 Å². The zero-order valence-electron chi connectivity index (χ0n) is 12.9. The largest absolute Gasteiger partial charge is 0.378 e. The van der Waals surface area contributed by atoms with Crippen LogP contribution in [0, 0.1) is 13.8 Å². The van der Waals surface area contributed by atoms with Crippen molar-refractivity contribution in [2.24, 2.45) is 5.73 Å². The number of aryl methyl sites for hydroxylation is 2. The number of aromatic nitrogens is 2. The maximum Gasteiger partial charge on any atom is 0.255 e. The topological polar surface area (TPSA) is 93.0 Å². The third-order valence-corrected chi connectivity index (χ3v) is 4.03. The summed E-state index contributed by atoms with van der Waals surface area (Å²) in [5, 5.41) is 9.76.